The average molecular weight is 425 g/mol. The van der Waals surface area contributed by atoms with Gasteiger partial charge in [-0.15, -0.1) is 11.3 Å². The fraction of sp³-hybridized carbons (Fsp3) is 0.348. The Bertz CT molecular complexity index is 1100. The number of hydrogen-bond donors (Lipinski definition) is 3. The molecule has 0 aliphatic heterocycles. The Morgan fingerprint density at radius 2 is 1.73 bits per heavy atom. The third-order valence-electron chi connectivity index (χ3n) is 6.32. The molecule has 0 saturated carbocycles. The highest BCUT2D eigenvalue weighted by atomic mass is 32.1. The number of thiophene rings is 1. The quantitative estimate of drug-likeness (QED) is 0.645. The number of aliphatic carboxylic acids is 1. The number of carboxylic acid groups (broad SMARTS) is 1. The Kier molecular flexibility index (Phi) is 5.24. The molecule has 2 aliphatic rings. The van der Waals surface area contributed by atoms with E-state index in [1.807, 2.05) is 32.0 Å². The van der Waals surface area contributed by atoms with Gasteiger partial charge >= 0.3 is 5.97 Å². The first-order valence-electron chi connectivity index (χ1n) is 10.0. The Hall–Kier alpha value is -2.93. The summed E-state index contributed by atoms with van der Waals surface area (Å²) in [6.07, 6.45) is 2.24. The summed E-state index contributed by atoms with van der Waals surface area (Å²) >= 11 is 1.34. The number of anilines is 1. The molecule has 0 radical (unpaired) electrons. The molecule has 2 aliphatic carbocycles. The van der Waals surface area contributed by atoms with Crippen LogP contribution in [0.3, 0.4) is 0 Å². The van der Waals surface area contributed by atoms with Crippen molar-refractivity contribution < 1.29 is 19.5 Å². The van der Waals surface area contributed by atoms with Crippen LogP contribution in [0.4, 0.5) is 5.00 Å². The lowest BCUT2D eigenvalue weighted by Crippen LogP contribution is -2.36. The summed E-state index contributed by atoms with van der Waals surface area (Å²) in [4.78, 5) is 38.1. The van der Waals surface area contributed by atoms with Crippen molar-refractivity contribution >= 4 is 34.1 Å². The molecule has 6 nitrogen and oxygen atoms in total. The fourth-order valence-electron chi connectivity index (χ4n) is 4.52. The van der Waals surface area contributed by atoms with Gasteiger partial charge in [-0.2, -0.15) is 0 Å². The van der Waals surface area contributed by atoms with E-state index in [0.717, 1.165) is 33.6 Å². The van der Waals surface area contributed by atoms with Gasteiger partial charge < -0.3 is 16.2 Å². The van der Waals surface area contributed by atoms with Crippen molar-refractivity contribution in [3.05, 3.63) is 52.1 Å². The molecule has 2 atom stereocenters. The smallest absolute Gasteiger partial charge is 0.307 e. The Morgan fingerprint density at radius 3 is 2.40 bits per heavy atom. The first kappa shape index (κ1) is 20.3. The number of hydrogen-bond acceptors (Lipinski definition) is 4. The topological polar surface area (TPSA) is 109 Å². The van der Waals surface area contributed by atoms with Gasteiger partial charge in [-0.05, 0) is 56.2 Å². The number of primary amides is 1. The number of fused-ring (bicyclic) bond motifs is 3. The van der Waals surface area contributed by atoms with E-state index in [4.69, 9.17) is 5.73 Å². The van der Waals surface area contributed by atoms with Crippen LogP contribution < -0.4 is 11.1 Å². The van der Waals surface area contributed by atoms with Crippen LogP contribution in [0.15, 0.2) is 35.4 Å². The number of nitrogens with two attached hydrogens (primary N) is 1. The molecule has 7 heteroatoms. The standard InChI is InChI=1S/C23H24N2O4S/c1-11-9-16(17(23(28)29)10-12(11)2)21(27)25-22-18(20(24)26)15-8-7-13-5-3-4-6-14(13)19(15)30-22/h3-6,16-17H,7-10H2,1-2H3,(H2,24,26)(H,25,27)(H,28,29). The maximum absolute atomic E-state index is 13.1. The molecule has 2 aromatic rings. The second-order valence-electron chi connectivity index (χ2n) is 8.14. The van der Waals surface area contributed by atoms with E-state index in [1.54, 1.807) is 0 Å². The molecule has 0 saturated heterocycles. The van der Waals surface area contributed by atoms with E-state index in [-0.39, 0.29) is 5.91 Å². The molecule has 0 fully saturated rings. The van der Waals surface area contributed by atoms with Crippen molar-refractivity contribution in [3.8, 4) is 10.4 Å². The molecule has 0 bridgehead atoms. The number of allylic oxidation sites excluding steroid dienone is 2. The maximum atomic E-state index is 13.1. The lowest BCUT2D eigenvalue weighted by Gasteiger charge is -2.29. The van der Waals surface area contributed by atoms with E-state index < -0.39 is 23.7 Å². The van der Waals surface area contributed by atoms with Crippen LogP contribution in [0.25, 0.3) is 10.4 Å². The summed E-state index contributed by atoms with van der Waals surface area (Å²) in [5.74, 6) is -3.38. The molecule has 4 rings (SSSR count). The van der Waals surface area contributed by atoms with Gasteiger partial charge in [0.1, 0.15) is 5.00 Å². The van der Waals surface area contributed by atoms with Crippen LogP contribution in [-0.2, 0) is 22.4 Å². The van der Waals surface area contributed by atoms with E-state index in [1.165, 1.54) is 16.9 Å². The van der Waals surface area contributed by atoms with Crippen LogP contribution in [-0.4, -0.2) is 22.9 Å². The van der Waals surface area contributed by atoms with Crippen molar-refractivity contribution in [2.45, 2.75) is 39.5 Å². The first-order chi connectivity index (χ1) is 14.3. The third kappa shape index (κ3) is 3.43. The minimum absolute atomic E-state index is 0.351. The number of carbonyl (C=O) groups is 3. The molecule has 2 unspecified atom stereocenters. The molecule has 0 spiro atoms. The van der Waals surface area contributed by atoms with Crippen LogP contribution in [0.1, 0.15) is 48.2 Å². The molecule has 1 aromatic heterocycles. The Balaban J connectivity index is 1.70. The zero-order valence-corrected chi connectivity index (χ0v) is 17.8. The van der Waals surface area contributed by atoms with Gasteiger partial charge in [-0.25, -0.2) is 0 Å². The summed E-state index contributed by atoms with van der Waals surface area (Å²) in [6.45, 7) is 3.85. The van der Waals surface area contributed by atoms with Crippen molar-refractivity contribution in [1.29, 1.82) is 0 Å². The van der Waals surface area contributed by atoms with Gasteiger partial charge in [0.2, 0.25) is 5.91 Å². The van der Waals surface area contributed by atoms with Crippen molar-refractivity contribution in [1.82, 2.24) is 0 Å². The molecular weight excluding hydrogens is 400 g/mol. The van der Waals surface area contributed by atoms with Gasteiger partial charge in [0.05, 0.1) is 17.4 Å². The summed E-state index contributed by atoms with van der Waals surface area (Å²) in [7, 11) is 0. The van der Waals surface area contributed by atoms with Gasteiger partial charge in [-0.3, -0.25) is 14.4 Å². The minimum atomic E-state index is -0.975. The lowest BCUT2D eigenvalue weighted by atomic mass is 9.76. The number of benzene rings is 1. The highest BCUT2D eigenvalue weighted by Crippen LogP contribution is 2.45. The second kappa shape index (κ2) is 7.72. The SMILES string of the molecule is CC1=C(C)CC(C(=O)Nc2sc3c(c2C(N)=O)CCc2ccccc2-3)C(C(=O)O)C1. The molecule has 30 heavy (non-hydrogen) atoms. The highest BCUT2D eigenvalue weighted by molar-refractivity contribution is 7.20. The number of aryl methyl sites for hydroxylation is 1. The van der Waals surface area contributed by atoms with Crippen LogP contribution >= 0.6 is 11.3 Å². The van der Waals surface area contributed by atoms with Gasteiger partial charge in [0, 0.05) is 4.88 Å². The van der Waals surface area contributed by atoms with Crippen molar-refractivity contribution in [2.24, 2.45) is 17.6 Å². The summed E-state index contributed by atoms with van der Waals surface area (Å²) in [6, 6.07) is 8.02. The lowest BCUT2D eigenvalue weighted by molar-refractivity contribution is -0.146. The van der Waals surface area contributed by atoms with E-state index in [9.17, 15) is 19.5 Å². The zero-order valence-electron chi connectivity index (χ0n) is 17.0. The Labute approximate surface area is 178 Å². The number of nitrogens with one attached hydrogen (secondary N) is 1. The summed E-state index contributed by atoms with van der Waals surface area (Å²) in [5, 5.41) is 12.9. The number of carbonyl (C=O) groups excluding carboxylic acids is 2. The first-order valence-corrected chi connectivity index (χ1v) is 10.8. The predicted octanol–water partition coefficient (Wildman–Crippen LogP) is 4.00. The van der Waals surface area contributed by atoms with Crippen LogP contribution in [0, 0.1) is 11.8 Å². The average Bonchev–Trinajstić information content (AvgIpc) is 3.08. The van der Waals surface area contributed by atoms with E-state index >= 15 is 0 Å². The minimum Gasteiger partial charge on any atom is -0.481 e. The second-order valence-corrected chi connectivity index (χ2v) is 9.17. The Morgan fingerprint density at radius 1 is 1.07 bits per heavy atom. The highest BCUT2D eigenvalue weighted by Gasteiger charge is 2.38. The largest absolute Gasteiger partial charge is 0.481 e. The van der Waals surface area contributed by atoms with Gasteiger partial charge in [-0.1, -0.05) is 35.4 Å². The zero-order chi connectivity index (χ0) is 21.6. The summed E-state index contributed by atoms with van der Waals surface area (Å²) < 4.78 is 0. The number of carboxylic acids is 1. The molecule has 156 valence electrons. The molecule has 2 amide bonds. The van der Waals surface area contributed by atoms with Gasteiger partial charge in [0.25, 0.3) is 5.91 Å². The third-order valence-corrected chi connectivity index (χ3v) is 7.50. The maximum Gasteiger partial charge on any atom is 0.307 e. The van der Waals surface area contributed by atoms with Crippen LogP contribution in [0.5, 0.6) is 0 Å². The molecule has 1 aromatic carbocycles. The van der Waals surface area contributed by atoms with E-state index in [2.05, 4.69) is 11.4 Å². The number of rotatable bonds is 4. The molecule has 1 heterocycles. The van der Waals surface area contributed by atoms with Crippen LogP contribution in [0.2, 0.25) is 0 Å². The fourth-order valence-corrected chi connectivity index (χ4v) is 5.84. The predicted molar refractivity (Wildman–Crippen MR) is 117 cm³/mol. The molecule has 4 N–H and O–H groups in total. The van der Waals surface area contributed by atoms with Crippen molar-refractivity contribution in [2.75, 3.05) is 5.32 Å². The normalized spacial score (nSPS) is 20.3. The van der Waals surface area contributed by atoms with Gasteiger partial charge in [0.15, 0.2) is 0 Å². The summed E-state index contributed by atoms with van der Waals surface area (Å²) in [5.41, 5.74) is 11.2. The van der Waals surface area contributed by atoms with Crippen molar-refractivity contribution in [3.63, 3.8) is 0 Å². The molecular formula is C23H24N2O4S. The van der Waals surface area contributed by atoms with E-state index in [0.29, 0.717) is 29.8 Å². The monoisotopic (exact) mass is 424 g/mol. The number of amides is 2.